The number of hydrogen-bond acceptors (Lipinski definition) is 3. The lowest BCUT2D eigenvalue weighted by Gasteiger charge is -2.36. The Bertz CT molecular complexity index is 402. The number of rotatable bonds is 19. The first-order valence-electron chi connectivity index (χ1n) is 13.5. The number of esters is 1. The third-order valence-electron chi connectivity index (χ3n) is 6.93. The molecule has 0 amide bonds. The van der Waals surface area contributed by atoms with Crippen LogP contribution in [-0.4, -0.2) is 24.7 Å². The highest BCUT2D eigenvalue weighted by Crippen LogP contribution is 2.29. The molecule has 0 unspecified atom stereocenters. The van der Waals surface area contributed by atoms with Crippen LogP contribution in [0.25, 0.3) is 0 Å². The Labute approximate surface area is 188 Å². The van der Waals surface area contributed by atoms with Crippen molar-refractivity contribution in [2.24, 2.45) is 5.92 Å². The first kappa shape index (κ1) is 27.5. The summed E-state index contributed by atoms with van der Waals surface area (Å²) in [5, 5.41) is 3.38. The van der Waals surface area contributed by atoms with Gasteiger partial charge in [0.1, 0.15) is 5.60 Å². The standard InChI is InChI=1S/C27H53NO2/c1-4-5-6-7-8-9-10-11-12-13-14-15-16-17-18-19-20-26(29)30-27(2,3)25-21-23-28-24-22-25/h25,28H,4-24H2,1-3H3. The number of hydrogen-bond donors (Lipinski definition) is 1. The lowest BCUT2D eigenvalue weighted by molar-refractivity contribution is -0.162. The van der Waals surface area contributed by atoms with E-state index < -0.39 is 0 Å². The fourth-order valence-corrected chi connectivity index (χ4v) is 4.76. The van der Waals surface area contributed by atoms with Crippen LogP contribution >= 0.6 is 0 Å². The molecule has 1 aliphatic heterocycles. The van der Waals surface area contributed by atoms with Crippen LogP contribution in [-0.2, 0) is 9.53 Å². The number of ether oxygens (including phenoxy) is 1. The highest BCUT2D eigenvalue weighted by molar-refractivity contribution is 5.69. The summed E-state index contributed by atoms with van der Waals surface area (Å²) in [5.41, 5.74) is -0.311. The third-order valence-corrected chi connectivity index (χ3v) is 6.93. The lowest BCUT2D eigenvalue weighted by atomic mass is 9.83. The highest BCUT2D eigenvalue weighted by atomic mass is 16.6. The molecule has 0 aromatic carbocycles. The van der Waals surface area contributed by atoms with E-state index in [9.17, 15) is 4.79 Å². The van der Waals surface area contributed by atoms with Gasteiger partial charge in [-0.25, -0.2) is 0 Å². The zero-order chi connectivity index (χ0) is 21.9. The second-order valence-corrected chi connectivity index (χ2v) is 10.2. The molecule has 1 N–H and O–H groups in total. The molecular weight excluding hydrogens is 370 g/mol. The van der Waals surface area contributed by atoms with Crippen LogP contribution in [0.3, 0.4) is 0 Å². The average molecular weight is 424 g/mol. The van der Waals surface area contributed by atoms with Crippen molar-refractivity contribution < 1.29 is 9.53 Å². The van der Waals surface area contributed by atoms with E-state index >= 15 is 0 Å². The number of nitrogens with one attached hydrogen (secondary N) is 1. The summed E-state index contributed by atoms with van der Waals surface area (Å²) in [5.74, 6) is 0.498. The van der Waals surface area contributed by atoms with Crippen molar-refractivity contribution in [3.05, 3.63) is 0 Å². The molecule has 0 aliphatic carbocycles. The van der Waals surface area contributed by atoms with Crippen LogP contribution in [0.5, 0.6) is 0 Å². The van der Waals surface area contributed by atoms with E-state index in [1.54, 1.807) is 0 Å². The van der Waals surface area contributed by atoms with Crippen LogP contribution in [0.4, 0.5) is 0 Å². The summed E-state index contributed by atoms with van der Waals surface area (Å²) in [6.07, 6.45) is 24.6. The maximum absolute atomic E-state index is 12.2. The van der Waals surface area contributed by atoms with Crippen molar-refractivity contribution in [1.82, 2.24) is 5.32 Å². The van der Waals surface area contributed by atoms with E-state index in [-0.39, 0.29) is 11.6 Å². The number of carbonyl (C=O) groups excluding carboxylic acids is 1. The SMILES string of the molecule is CCCCCCCCCCCCCCCCCCC(=O)OC(C)(C)C1CCNCC1. The second kappa shape index (κ2) is 18.0. The number of carbonyl (C=O) groups is 1. The molecule has 0 aromatic rings. The monoisotopic (exact) mass is 423 g/mol. The van der Waals surface area contributed by atoms with Gasteiger partial charge in [-0.2, -0.15) is 0 Å². The first-order chi connectivity index (χ1) is 14.6. The average Bonchev–Trinajstić information content (AvgIpc) is 2.73. The summed E-state index contributed by atoms with van der Waals surface area (Å²) in [6.45, 7) is 8.56. The van der Waals surface area contributed by atoms with E-state index in [1.165, 1.54) is 96.3 Å². The largest absolute Gasteiger partial charge is 0.459 e. The van der Waals surface area contributed by atoms with Crippen LogP contribution < -0.4 is 5.32 Å². The molecule has 1 aliphatic rings. The van der Waals surface area contributed by atoms with Gasteiger partial charge in [0.15, 0.2) is 0 Å². The lowest BCUT2D eigenvalue weighted by Crippen LogP contribution is -2.42. The smallest absolute Gasteiger partial charge is 0.306 e. The molecule has 30 heavy (non-hydrogen) atoms. The molecule has 1 fully saturated rings. The minimum Gasteiger partial charge on any atom is -0.459 e. The maximum atomic E-state index is 12.2. The molecule has 0 bridgehead atoms. The summed E-state index contributed by atoms with van der Waals surface area (Å²) in [7, 11) is 0. The number of piperidine rings is 1. The normalized spacial score (nSPS) is 15.4. The van der Waals surface area contributed by atoms with Crippen molar-refractivity contribution in [3.8, 4) is 0 Å². The predicted molar refractivity (Wildman–Crippen MR) is 130 cm³/mol. The summed E-state index contributed by atoms with van der Waals surface area (Å²) in [4.78, 5) is 12.2. The van der Waals surface area contributed by atoms with Gasteiger partial charge in [-0.1, -0.05) is 103 Å². The van der Waals surface area contributed by atoms with Gasteiger partial charge in [-0.3, -0.25) is 4.79 Å². The summed E-state index contributed by atoms with van der Waals surface area (Å²) < 4.78 is 5.83. The second-order valence-electron chi connectivity index (χ2n) is 10.2. The molecular formula is C27H53NO2. The molecule has 0 radical (unpaired) electrons. The van der Waals surface area contributed by atoms with E-state index in [2.05, 4.69) is 26.1 Å². The Morgan fingerprint density at radius 3 is 1.57 bits per heavy atom. The maximum Gasteiger partial charge on any atom is 0.306 e. The summed E-state index contributed by atoms with van der Waals surface area (Å²) >= 11 is 0. The van der Waals surface area contributed by atoms with Gasteiger partial charge < -0.3 is 10.1 Å². The quantitative estimate of drug-likeness (QED) is 0.169. The van der Waals surface area contributed by atoms with Gasteiger partial charge in [0.05, 0.1) is 0 Å². The van der Waals surface area contributed by atoms with Gasteiger partial charge in [-0.15, -0.1) is 0 Å². The van der Waals surface area contributed by atoms with E-state index in [0.29, 0.717) is 12.3 Å². The molecule has 3 nitrogen and oxygen atoms in total. The van der Waals surface area contributed by atoms with Gasteiger partial charge in [0, 0.05) is 12.3 Å². The topological polar surface area (TPSA) is 38.3 Å². The molecule has 178 valence electrons. The Kier molecular flexibility index (Phi) is 16.5. The van der Waals surface area contributed by atoms with Gasteiger partial charge in [0.2, 0.25) is 0 Å². The van der Waals surface area contributed by atoms with Crippen molar-refractivity contribution in [2.75, 3.05) is 13.1 Å². The van der Waals surface area contributed by atoms with Crippen LogP contribution in [0.15, 0.2) is 0 Å². The first-order valence-corrected chi connectivity index (χ1v) is 13.5. The van der Waals surface area contributed by atoms with Crippen LogP contribution in [0, 0.1) is 5.92 Å². The van der Waals surface area contributed by atoms with Gasteiger partial charge >= 0.3 is 5.97 Å². The highest BCUT2D eigenvalue weighted by Gasteiger charge is 2.33. The molecule has 0 atom stereocenters. The molecule has 0 spiro atoms. The van der Waals surface area contributed by atoms with Crippen LogP contribution in [0.1, 0.15) is 143 Å². The molecule has 3 heteroatoms. The van der Waals surface area contributed by atoms with Gasteiger partial charge in [-0.05, 0) is 46.2 Å². The minimum absolute atomic E-state index is 0.00361. The van der Waals surface area contributed by atoms with E-state index in [4.69, 9.17) is 4.74 Å². The molecule has 0 aromatic heterocycles. The Morgan fingerprint density at radius 2 is 1.13 bits per heavy atom. The van der Waals surface area contributed by atoms with E-state index in [1.807, 2.05) is 0 Å². The van der Waals surface area contributed by atoms with E-state index in [0.717, 1.165) is 32.4 Å². The van der Waals surface area contributed by atoms with Crippen molar-refractivity contribution in [2.45, 2.75) is 148 Å². The van der Waals surface area contributed by atoms with Crippen molar-refractivity contribution in [3.63, 3.8) is 0 Å². The Morgan fingerprint density at radius 1 is 0.733 bits per heavy atom. The van der Waals surface area contributed by atoms with Crippen molar-refractivity contribution >= 4 is 5.97 Å². The molecule has 1 saturated heterocycles. The predicted octanol–water partition coefficient (Wildman–Crippen LogP) is 7.96. The van der Waals surface area contributed by atoms with Crippen molar-refractivity contribution in [1.29, 1.82) is 0 Å². The minimum atomic E-state index is -0.311. The zero-order valence-corrected chi connectivity index (χ0v) is 20.7. The zero-order valence-electron chi connectivity index (χ0n) is 20.7. The fraction of sp³-hybridized carbons (Fsp3) is 0.963. The number of unbranched alkanes of at least 4 members (excludes halogenated alkanes) is 15. The fourth-order valence-electron chi connectivity index (χ4n) is 4.76. The molecule has 1 rings (SSSR count). The Hall–Kier alpha value is -0.570. The van der Waals surface area contributed by atoms with Gasteiger partial charge in [0.25, 0.3) is 0 Å². The molecule has 0 saturated carbocycles. The summed E-state index contributed by atoms with van der Waals surface area (Å²) in [6, 6.07) is 0. The van der Waals surface area contributed by atoms with Crippen LogP contribution in [0.2, 0.25) is 0 Å². The molecule has 1 heterocycles. The third kappa shape index (κ3) is 14.4. The Balaban J connectivity index is 1.84.